The Kier molecular flexibility index (Phi) is 4.87. The molecule has 1 N–H and O–H groups in total. The van der Waals surface area contributed by atoms with Crippen LogP contribution in [0.4, 0.5) is 0 Å². The molecule has 6 heteroatoms. The average Bonchev–Trinajstić information content (AvgIpc) is 2.95. The van der Waals surface area contributed by atoms with Crippen molar-refractivity contribution in [2.24, 2.45) is 10.5 Å². The Labute approximate surface area is 142 Å². The van der Waals surface area contributed by atoms with E-state index in [1.165, 1.54) is 5.56 Å². The Morgan fingerprint density at radius 1 is 1.12 bits per heavy atom. The van der Waals surface area contributed by atoms with Crippen LogP contribution in [0.1, 0.15) is 57.8 Å². The third-order valence-electron chi connectivity index (χ3n) is 3.25. The number of nitrogens with zero attached hydrogens (tertiary/aromatic N) is 3. The molecule has 0 fully saturated rings. The molecule has 0 saturated carbocycles. The predicted octanol–water partition coefficient (Wildman–Crippen LogP) is 3.80. The van der Waals surface area contributed by atoms with Gasteiger partial charge in [-0.2, -0.15) is 10.1 Å². The average molecular weight is 328 g/mol. The van der Waals surface area contributed by atoms with Crippen LogP contribution in [0.25, 0.3) is 11.4 Å². The van der Waals surface area contributed by atoms with Crippen molar-refractivity contribution < 1.29 is 9.32 Å². The molecule has 1 amide bonds. The van der Waals surface area contributed by atoms with Crippen molar-refractivity contribution in [2.45, 2.75) is 47.0 Å². The van der Waals surface area contributed by atoms with Gasteiger partial charge in [0.2, 0.25) is 5.82 Å². The fourth-order valence-electron chi connectivity index (χ4n) is 1.88. The van der Waals surface area contributed by atoms with Gasteiger partial charge in [0.05, 0.1) is 0 Å². The summed E-state index contributed by atoms with van der Waals surface area (Å²) in [4.78, 5) is 16.1. The molecule has 0 bridgehead atoms. The molecule has 0 aliphatic heterocycles. The number of hydrazone groups is 1. The van der Waals surface area contributed by atoms with Crippen molar-refractivity contribution in [1.82, 2.24) is 15.6 Å². The largest absolute Gasteiger partial charge is 0.329 e. The molecule has 128 valence electrons. The molecule has 0 spiro atoms. The van der Waals surface area contributed by atoms with Gasteiger partial charge in [0.1, 0.15) is 0 Å². The summed E-state index contributed by atoms with van der Waals surface area (Å²) in [6.45, 7) is 12.4. The number of benzene rings is 1. The maximum Gasteiger partial charge on any atom is 0.329 e. The zero-order valence-corrected chi connectivity index (χ0v) is 15.0. The lowest BCUT2D eigenvalue weighted by Crippen LogP contribution is -2.20. The monoisotopic (exact) mass is 328 g/mol. The van der Waals surface area contributed by atoms with E-state index in [1.807, 2.05) is 45.0 Å². The molecule has 0 unspecified atom stereocenters. The van der Waals surface area contributed by atoms with Crippen LogP contribution in [0, 0.1) is 5.41 Å². The van der Waals surface area contributed by atoms with Crippen LogP contribution < -0.4 is 5.43 Å². The van der Waals surface area contributed by atoms with Crippen molar-refractivity contribution in [2.75, 3.05) is 0 Å². The van der Waals surface area contributed by atoms with E-state index in [0.717, 1.165) is 5.56 Å². The van der Waals surface area contributed by atoms with Gasteiger partial charge < -0.3 is 4.52 Å². The van der Waals surface area contributed by atoms with E-state index in [0.29, 0.717) is 5.82 Å². The standard InChI is InChI=1S/C18H24N4O2/c1-17(2,3)11-19-21-15(23)16-20-14(22-24-16)12-7-9-13(10-8-12)18(4,5)6/h7-11H,1-6H3,(H,21,23)/b19-11-. The number of amides is 1. The minimum Gasteiger partial charge on any atom is -0.328 e. The van der Waals surface area contributed by atoms with Gasteiger partial charge in [0.25, 0.3) is 0 Å². The molecule has 1 aromatic heterocycles. The highest BCUT2D eigenvalue weighted by molar-refractivity contribution is 5.90. The van der Waals surface area contributed by atoms with Crippen molar-refractivity contribution in [3.63, 3.8) is 0 Å². The van der Waals surface area contributed by atoms with Crippen molar-refractivity contribution >= 4 is 12.1 Å². The van der Waals surface area contributed by atoms with Crippen LogP contribution in [0.2, 0.25) is 0 Å². The minimum absolute atomic E-state index is 0.0753. The Morgan fingerprint density at radius 3 is 2.29 bits per heavy atom. The van der Waals surface area contributed by atoms with Gasteiger partial charge in [-0.25, -0.2) is 5.43 Å². The number of nitrogens with one attached hydrogen (secondary N) is 1. The number of carbonyl (C=O) groups excluding carboxylic acids is 1. The van der Waals surface area contributed by atoms with E-state index in [1.54, 1.807) is 6.21 Å². The van der Waals surface area contributed by atoms with Crippen molar-refractivity contribution in [3.05, 3.63) is 35.7 Å². The highest BCUT2D eigenvalue weighted by Gasteiger charge is 2.17. The Balaban J connectivity index is 2.10. The molecule has 2 rings (SSSR count). The Hall–Kier alpha value is -2.50. The number of rotatable bonds is 3. The van der Waals surface area contributed by atoms with Gasteiger partial charge in [0, 0.05) is 11.8 Å². The highest BCUT2D eigenvalue weighted by Crippen LogP contribution is 2.24. The number of aromatic nitrogens is 2. The third-order valence-corrected chi connectivity index (χ3v) is 3.25. The number of hydrogen-bond donors (Lipinski definition) is 1. The molecule has 0 aliphatic carbocycles. The van der Waals surface area contributed by atoms with Crippen molar-refractivity contribution in [3.8, 4) is 11.4 Å². The van der Waals surface area contributed by atoms with E-state index < -0.39 is 5.91 Å². The van der Waals surface area contributed by atoms with Gasteiger partial charge in [0.15, 0.2) is 0 Å². The molecular formula is C18H24N4O2. The van der Waals surface area contributed by atoms with E-state index in [2.05, 4.69) is 41.4 Å². The quantitative estimate of drug-likeness (QED) is 0.686. The fourth-order valence-corrected chi connectivity index (χ4v) is 1.88. The molecule has 0 atom stereocenters. The summed E-state index contributed by atoms with van der Waals surface area (Å²) in [6.07, 6.45) is 1.65. The van der Waals surface area contributed by atoms with Crippen LogP contribution in [0.15, 0.2) is 33.9 Å². The first kappa shape index (κ1) is 17.8. The smallest absolute Gasteiger partial charge is 0.328 e. The van der Waals surface area contributed by atoms with Crippen LogP contribution in [0.3, 0.4) is 0 Å². The summed E-state index contributed by atoms with van der Waals surface area (Å²) in [5.74, 6) is -0.267. The summed E-state index contributed by atoms with van der Waals surface area (Å²) in [5, 5.41) is 7.74. The molecule has 6 nitrogen and oxygen atoms in total. The maximum absolute atomic E-state index is 11.9. The zero-order valence-electron chi connectivity index (χ0n) is 15.0. The molecule has 0 radical (unpaired) electrons. The van der Waals surface area contributed by atoms with Gasteiger partial charge in [-0.15, -0.1) is 0 Å². The zero-order chi connectivity index (χ0) is 18.0. The fraction of sp³-hybridized carbons (Fsp3) is 0.444. The summed E-state index contributed by atoms with van der Waals surface area (Å²) < 4.78 is 5.01. The number of hydrogen-bond acceptors (Lipinski definition) is 5. The van der Waals surface area contributed by atoms with E-state index in [9.17, 15) is 4.79 Å². The van der Waals surface area contributed by atoms with E-state index in [-0.39, 0.29) is 16.7 Å². The second-order valence-electron chi connectivity index (χ2n) is 7.82. The van der Waals surface area contributed by atoms with Gasteiger partial charge in [-0.3, -0.25) is 4.79 Å². The van der Waals surface area contributed by atoms with Crippen LogP contribution >= 0.6 is 0 Å². The van der Waals surface area contributed by atoms with Gasteiger partial charge in [-0.1, -0.05) is 71.0 Å². The topological polar surface area (TPSA) is 80.4 Å². The molecule has 0 saturated heterocycles. The molecule has 1 aromatic carbocycles. The first-order valence-corrected chi connectivity index (χ1v) is 7.85. The Bertz CT molecular complexity index is 732. The molecule has 2 aromatic rings. The first-order valence-electron chi connectivity index (χ1n) is 7.85. The summed E-state index contributed by atoms with van der Waals surface area (Å²) in [7, 11) is 0. The van der Waals surface area contributed by atoms with Gasteiger partial charge >= 0.3 is 11.8 Å². The summed E-state index contributed by atoms with van der Waals surface area (Å²) in [5.41, 5.74) is 4.34. The lowest BCUT2D eigenvalue weighted by atomic mass is 9.87. The normalized spacial score (nSPS) is 12.6. The number of carbonyl (C=O) groups is 1. The highest BCUT2D eigenvalue weighted by atomic mass is 16.5. The van der Waals surface area contributed by atoms with Crippen molar-refractivity contribution in [1.29, 1.82) is 0 Å². The summed E-state index contributed by atoms with van der Waals surface area (Å²) >= 11 is 0. The van der Waals surface area contributed by atoms with E-state index in [4.69, 9.17) is 4.52 Å². The lowest BCUT2D eigenvalue weighted by molar-refractivity contribution is 0.0911. The van der Waals surface area contributed by atoms with Crippen LogP contribution in [-0.2, 0) is 5.41 Å². The summed E-state index contributed by atoms with van der Waals surface area (Å²) in [6, 6.07) is 7.90. The minimum atomic E-state index is -0.527. The third kappa shape index (κ3) is 4.75. The molecular weight excluding hydrogens is 304 g/mol. The molecule has 0 aliphatic rings. The molecule has 1 heterocycles. The molecule has 24 heavy (non-hydrogen) atoms. The SMILES string of the molecule is CC(C)(C)/C=N\NC(=O)c1nc(-c2ccc(C(C)(C)C)cc2)no1. The van der Waals surface area contributed by atoms with E-state index >= 15 is 0 Å². The van der Waals surface area contributed by atoms with Crippen LogP contribution in [-0.4, -0.2) is 22.3 Å². The maximum atomic E-state index is 11.9. The Morgan fingerprint density at radius 2 is 1.75 bits per heavy atom. The van der Waals surface area contributed by atoms with Crippen LogP contribution in [0.5, 0.6) is 0 Å². The first-order chi connectivity index (χ1) is 11.1. The van der Waals surface area contributed by atoms with Gasteiger partial charge in [-0.05, 0) is 16.4 Å². The predicted molar refractivity (Wildman–Crippen MR) is 93.8 cm³/mol. The second-order valence-corrected chi connectivity index (χ2v) is 7.82. The lowest BCUT2D eigenvalue weighted by Gasteiger charge is -2.18. The second kappa shape index (κ2) is 6.55.